The third-order valence-corrected chi connectivity index (χ3v) is 4.67. The van der Waals surface area contributed by atoms with Crippen molar-refractivity contribution in [2.45, 2.75) is 44.1 Å². The maximum atomic E-state index is 12.3. The number of aliphatic hydroxyl groups is 1. The van der Waals surface area contributed by atoms with Crippen LogP contribution in [0.5, 0.6) is 0 Å². The lowest BCUT2D eigenvalue weighted by Gasteiger charge is -2.36. The fourth-order valence-corrected chi connectivity index (χ4v) is 3.18. The summed E-state index contributed by atoms with van der Waals surface area (Å²) in [4.78, 5) is 32.4. The molecular formula is C20H24N4O4. The first-order chi connectivity index (χ1) is 13.7. The highest BCUT2D eigenvalue weighted by Crippen LogP contribution is 2.22. The number of carbonyl (C=O) groups is 2. The molecule has 3 rings (SSSR count). The number of nitrogens with zero attached hydrogens (tertiary/aromatic N) is 2. The Kier molecular flexibility index (Phi) is 7.05. The molecule has 0 aliphatic carbocycles. The lowest BCUT2D eigenvalue weighted by molar-refractivity contribution is -0.131. The number of benzene rings is 1. The zero-order chi connectivity index (χ0) is 19.8. The zero-order valence-corrected chi connectivity index (χ0v) is 15.5. The lowest BCUT2D eigenvalue weighted by atomic mass is 9.96. The summed E-state index contributed by atoms with van der Waals surface area (Å²) in [5.74, 6) is -0.347. The Morgan fingerprint density at radius 1 is 1.18 bits per heavy atom. The van der Waals surface area contributed by atoms with E-state index in [0.717, 1.165) is 5.69 Å². The van der Waals surface area contributed by atoms with Gasteiger partial charge in [-0.3, -0.25) is 9.59 Å². The number of aromatic nitrogens is 2. The molecule has 0 saturated carbocycles. The average molecular weight is 384 g/mol. The van der Waals surface area contributed by atoms with Crippen molar-refractivity contribution in [3.8, 4) is 0 Å². The second kappa shape index (κ2) is 9.91. The van der Waals surface area contributed by atoms with Crippen LogP contribution in [0, 0.1) is 0 Å². The third-order valence-electron chi connectivity index (χ3n) is 4.67. The van der Waals surface area contributed by atoms with Crippen LogP contribution < -0.4 is 10.6 Å². The fourth-order valence-electron chi connectivity index (χ4n) is 3.18. The van der Waals surface area contributed by atoms with Gasteiger partial charge in [0.05, 0.1) is 37.4 Å². The van der Waals surface area contributed by atoms with Gasteiger partial charge >= 0.3 is 0 Å². The van der Waals surface area contributed by atoms with Gasteiger partial charge in [0.25, 0.3) is 5.91 Å². The van der Waals surface area contributed by atoms with Gasteiger partial charge in [-0.05, 0) is 31.0 Å². The smallest absolute Gasteiger partial charge is 0.251 e. The monoisotopic (exact) mass is 384 g/mol. The summed E-state index contributed by atoms with van der Waals surface area (Å²) in [6, 6.07) is 10.3. The molecule has 3 atom stereocenters. The van der Waals surface area contributed by atoms with E-state index in [4.69, 9.17) is 4.74 Å². The first-order valence-corrected chi connectivity index (χ1v) is 9.29. The van der Waals surface area contributed by atoms with E-state index in [1.165, 1.54) is 6.33 Å². The highest BCUT2D eigenvalue weighted by atomic mass is 16.5. The van der Waals surface area contributed by atoms with Crippen molar-refractivity contribution in [3.63, 3.8) is 0 Å². The van der Waals surface area contributed by atoms with Crippen LogP contribution in [0.25, 0.3) is 0 Å². The van der Waals surface area contributed by atoms with E-state index in [1.807, 2.05) is 6.07 Å². The van der Waals surface area contributed by atoms with Crippen LogP contribution in [-0.2, 0) is 16.1 Å². The number of nitrogens with one attached hydrogen (secondary N) is 2. The second-order valence-corrected chi connectivity index (χ2v) is 6.68. The predicted octanol–water partition coefficient (Wildman–Crippen LogP) is 0.821. The van der Waals surface area contributed by atoms with Crippen molar-refractivity contribution in [2.75, 3.05) is 6.61 Å². The molecule has 1 aliphatic heterocycles. The summed E-state index contributed by atoms with van der Waals surface area (Å²) in [6.07, 6.45) is 3.66. The topological polar surface area (TPSA) is 113 Å². The van der Waals surface area contributed by atoms with Gasteiger partial charge in [0.2, 0.25) is 5.91 Å². The van der Waals surface area contributed by atoms with Gasteiger partial charge in [-0.1, -0.05) is 18.2 Å². The molecular weight excluding hydrogens is 360 g/mol. The standard InChI is InChI=1S/C20H24N4O4/c25-12-18-17(24-20(27)14-4-2-1-3-5-14)7-6-16(28-18)10-19(26)22-11-15-8-9-21-13-23-15/h1-5,8-9,13,16-18,25H,6-7,10-12H2,(H,22,26)(H,24,27)/t16-,17-,18-/m0/s1. The molecule has 2 aromatic rings. The fraction of sp³-hybridized carbons (Fsp3) is 0.400. The molecule has 2 amide bonds. The number of hydrogen-bond donors (Lipinski definition) is 3. The molecule has 8 heteroatoms. The molecule has 0 spiro atoms. The highest BCUT2D eigenvalue weighted by Gasteiger charge is 2.33. The van der Waals surface area contributed by atoms with E-state index < -0.39 is 6.10 Å². The second-order valence-electron chi connectivity index (χ2n) is 6.68. The average Bonchev–Trinajstić information content (AvgIpc) is 2.74. The van der Waals surface area contributed by atoms with Crippen LogP contribution in [0.15, 0.2) is 48.9 Å². The molecule has 2 heterocycles. The van der Waals surface area contributed by atoms with E-state index in [1.54, 1.807) is 36.5 Å². The molecule has 1 aliphatic rings. The minimum atomic E-state index is -0.541. The number of rotatable bonds is 7. The van der Waals surface area contributed by atoms with Gasteiger partial charge in [-0.25, -0.2) is 9.97 Å². The van der Waals surface area contributed by atoms with Gasteiger partial charge in [0, 0.05) is 11.8 Å². The van der Waals surface area contributed by atoms with E-state index in [0.29, 0.717) is 24.9 Å². The Morgan fingerprint density at radius 3 is 2.71 bits per heavy atom. The van der Waals surface area contributed by atoms with Crippen LogP contribution in [0.3, 0.4) is 0 Å². The normalized spacial score (nSPS) is 21.7. The summed E-state index contributed by atoms with van der Waals surface area (Å²) in [7, 11) is 0. The predicted molar refractivity (Wildman–Crippen MR) is 101 cm³/mol. The summed E-state index contributed by atoms with van der Waals surface area (Å²) in [5.41, 5.74) is 1.29. The van der Waals surface area contributed by atoms with E-state index in [-0.39, 0.29) is 37.0 Å². The minimum absolute atomic E-state index is 0.146. The molecule has 0 radical (unpaired) electrons. The van der Waals surface area contributed by atoms with Crippen LogP contribution in [0.1, 0.15) is 35.3 Å². The minimum Gasteiger partial charge on any atom is -0.394 e. The summed E-state index contributed by atoms with van der Waals surface area (Å²) >= 11 is 0. The molecule has 0 unspecified atom stereocenters. The van der Waals surface area contributed by atoms with Crippen LogP contribution in [0.4, 0.5) is 0 Å². The summed E-state index contributed by atoms with van der Waals surface area (Å²) < 4.78 is 5.86. The maximum Gasteiger partial charge on any atom is 0.251 e. The summed E-state index contributed by atoms with van der Waals surface area (Å²) in [5, 5.41) is 15.4. The largest absolute Gasteiger partial charge is 0.394 e. The molecule has 1 saturated heterocycles. The summed E-state index contributed by atoms with van der Waals surface area (Å²) in [6.45, 7) is 0.103. The highest BCUT2D eigenvalue weighted by molar-refractivity contribution is 5.94. The number of aliphatic hydroxyl groups excluding tert-OH is 1. The lowest BCUT2D eigenvalue weighted by Crippen LogP contribution is -2.51. The number of hydrogen-bond acceptors (Lipinski definition) is 6. The van der Waals surface area contributed by atoms with Crippen LogP contribution >= 0.6 is 0 Å². The molecule has 1 aromatic carbocycles. The zero-order valence-electron chi connectivity index (χ0n) is 15.5. The number of carbonyl (C=O) groups excluding carboxylic acids is 2. The van der Waals surface area contributed by atoms with Gasteiger partial charge in [0.15, 0.2) is 0 Å². The van der Waals surface area contributed by atoms with Crippen molar-refractivity contribution in [3.05, 3.63) is 60.2 Å². The first-order valence-electron chi connectivity index (χ1n) is 9.29. The number of amides is 2. The van der Waals surface area contributed by atoms with E-state index in [2.05, 4.69) is 20.6 Å². The van der Waals surface area contributed by atoms with Crippen molar-refractivity contribution in [1.29, 1.82) is 0 Å². The van der Waals surface area contributed by atoms with Gasteiger partial charge in [-0.15, -0.1) is 0 Å². The van der Waals surface area contributed by atoms with Crippen molar-refractivity contribution in [2.24, 2.45) is 0 Å². The van der Waals surface area contributed by atoms with Crippen LogP contribution in [-0.4, -0.2) is 51.7 Å². The maximum absolute atomic E-state index is 12.3. The Bertz CT molecular complexity index is 772. The SMILES string of the molecule is O=C(C[C@@H]1CC[C@H](NC(=O)c2ccccc2)[C@H](CO)O1)NCc1ccncn1. The molecule has 0 bridgehead atoms. The van der Waals surface area contributed by atoms with E-state index >= 15 is 0 Å². The van der Waals surface area contributed by atoms with Gasteiger partial charge < -0.3 is 20.5 Å². The molecule has 28 heavy (non-hydrogen) atoms. The Morgan fingerprint density at radius 2 is 2.00 bits per heavy atom. The third kappa shape index (κ3) is 5.58. The Hall–Kier alpha value is -2.84. The van der Waals surface area contributed by atoms with Crippen LogP contribution in [0.2, 0.25) is 0 Å². The van der Waals surface area contributed by atoms with Gasteiger partial charge in [0.1, 0.15) is 12.4 Å². The van der Waals surface area contributed by atoms with Crippen molar-refractivity contribution < 1.29 is 19.4 Å². The first kappa shape index (κ1) is 19.9. The van der Waals surface area contributed by atoms with E-state index in [9.17, 15) is 14.7 Å². The quantitative estimate of drug-likeness (QED) is 0.651. The number of ether oxygens (including phenoxy) is 1. The Balaban J connectivity index is 1.47. The van der Waals surface area contributed by atoms with Crippen molar-refractivity contribution >= 4 is 11.8 Å². The molecule has 8 nitrogen and oxygen atoms in total. The molecule has 148 valence electrons. The Labute approximate surface area is 163 Å². The molecule has 1 aromatic heterocycles. The van der Waals surface area contributed by atoms with Crippen molar-refractivity contribution in [1.82, 2.24) is 20.6 Å². The van der Waals surface area contributed by atoms with Gasteiger partial charge in [-0.2, -0.15) is 0 Å². The molecule has 1 fully saturated rings. The molecule has 3 N–H and O–H groups in total.